The predicted octanol–water partition coefficient (Wildman–Crippen LogP) is 4.61. The molecule has 0 unspecified atom stereocenters. The first-order valence-electron chi connectivity index (χ1n) is 8.47. The van der Waals surface area contributed by atoms with Gasteiger partial charge in [0.1, 0.15) is 5.82 Å². The van der Waals surface area contributed by atoms with E-state index < -0.39 is 0 Å². The second kappa shape index (κ2) is 8.99. The summed E-state index contributed by atoms with van der Waals surface area (Å²) in [6.07, 6.45) is 2.04. The van der Waals surface area contributed by atoms with E-state index in [1.807, 2.05) is 6.92 Å². The van der Waals surface area contributed by atoms with Crippen LogP contribution in [0.2, 0.25) is 5.02 Å². The van der Waals surface area contributed by atoms with Crippen molar-refractivity contribution < 1.29 is 13.9 Å². The number of nitrogens with zero attached hydrogens (tertiary/aromatic N) is 3. The summed E-state index contributed by atoms with van der Waals surface area (Å²) in [6.45, 7) is 2.34. The average Bonchev–Trinajstić information content (AvgIpc) is 3.03. The molecule has 1 aromatic heterocycles. The van der Waals surface area contributed by atoms with Crippen molar-refractivity contribution in [2.45, 2.75) is 13.3 Å². The van der Waals surface area contributed by atoms with E-state index in [0.29, 0.717) is 45.7 Å². The Bertz CT molecular complexity index is 1050. The van der Waals surface area contributed by atoms with Gasteiger partial charge in [-0.05, 0) is 54.5 Å². The molecular weight excluding hydrogens is 403 g/mol. The molecule has 3 rings (SSSR count). The predicted molar refractivity (Wildman–Crippen MR) is 109 cm³/mol. The van der Waals surface area contributed by atoms with Crippen LogP contribution >= 0.6 is 23.8 Å². The molecule has 0 aliphatic rings. The van der Waals surface area contributed by atoms with E-state index in [2.05, 4.69) is 15.3 Å². The summed E-state index contributed by atoms with van der Waals surface area (Å²) in [4.78, 5) is 0. The highest BCUT2D eigenvalue weighted by Crippen LogP contribution is 2.36. The van der Waals surface area contributed by atoms with Crippen LogP contribution in [0.5, 0.6) is 11.5 Å². The maximum Gasteiger partial charge on any atom is 0.216 e. The van der Waals surface area contributed by atoms with Crippen LogP contribution in [0.3, 0.4) is 0 Å². The van der Waals surface area contributed by atoms with Gasteiger partial charge in [-0.15, -0.1) is 0 Å². The van der Waals surface area contributed by atoms with Gasteiger partial charge >= 0.3 is 0 Å². The van der Waals surface area contributed by atoms with Gasteiger partial charge in [0.05, 0.1) is 25.0 Å². The maximum absolute atomic E-state index is 13.1. The second-order valence-electron chi connectivity index (χ2n) is 5.77. The number of ether oxygens (including phenoxy) is 2. The van der Waals surface area contributed by atoms with Crippen LogP contribution in [0.4, 0.5) is 4.39 Å². The van der Waals surface area contributed by atoms with Crippen molar-refractivity contribution >= 4 is 30.0 Å². The molecule has 1 N–H and O–H groups in total. The van der Waals surface area contributed by atoms with Gasteiger partial charge in [-0.2, -0.15) is 14.9 Å². The molecule has 0 radical (unpaired) electrons. The lowest BCUT2D eigenvalue weighted by Gasteiger charge is -2.11. The van der Waals surface area contributed by atoms with Crippen molar-refractivity contribution in [2.75, 3.05) is 13.7 Å². The first-order valence-corrected chi connectivity index (χ1v) is 9.26. The van der Waals surface area contributed by atoms with Crippen molar-refractivity contribution in [1.29, 1.82) is 0 Å². The fourth-order valence-corrected chi connectivity index (χ4v) is 3.04. The van der Waals surface area contributed by atoms with Crippen molar-refractivity contribution in [1.82, 2.24) is 14.9 Å². The maximum atomic E-state index is 13.1. The molecule has 0 amide bonds. The van der Waals surface area contributed by atoms with Crippen LogP contribution in [0.25, 0.3) is 0 Å². The average molecular weight is 421 g/mol. The van der Waals surface area contributed by atoms with Gasteiger partial charge in [0.25, 0.3) is 0 Å². The third-order valence-corrected chi connectivity index (χ3v) is 4.40. The molecular formula is C19H18ClFN4O2S. The number of aromatic amines is 1. The number of aromatic nitrogens is 3. The van der Waals surface area contributed by atoms with Crippen LogP contribution < -0.4 is 9.47 Å². The van der Waals surface area contributed by atoms with E-state index in [9.17, 15) is 4.39 Å². The lowest BCUT2D eigenvalue weighted by molar-refractivity contribution is 0.311. The van der Waals surface area contributed by atoms with Crippen LogP contribution in [-0.4, -0.2) is 34.8 Å². The highest BCUT2D eigenvalue weighted by molar-refractivity contribution is 7.71. The highest BCUT2D eigenvalue weighted by Gasteiger charge is 2.11. The lowest BCUT2D eigenvalue weighted by Crippen LogP contribution is -2.01. The quantitative estimate of drug-likeness (QED) is 0.447. The first-order chi connectivity index (χ1) is 13.5. The largest absolute Gasteiger partial charge is 0.493 e. The highest BCUT2D eigenvalue weighted by atomic mass is 35.5. The molecule has 9 heteroatoms. The van der Waals surface area contributed by atoms with E-state index >= 15 is 0 Å². The molecule has 0 fully saturated rings. The van der Waals surface area contributed by atoms with Crippen LogP contribution in [0.15, 0.2) is 41.5 Å². The fourth-order valence-electron chi connectivity index (χ4n) is 2.57. The summed E-state index contributed by atoms with van der Waals surface area (Å²) in [5.74, 6) is 1.30. The van der Waals surface area contributed by atoms with Gasteiger partial charge in [-0.1, -0.05) is 23.7 Å². The summed E-state index contributed by atoms with van der Waals surface area (Å²) in [5.41, 5.74) is 1.60. The van der Waals surface area contributed by atoms with Gasteiger partial charge in [-0.3, -0.25) is 5.10 Å². The number of halogens is 2. The van der Waals surface area contributed by atoms with E-state index in [4.69, 9.17) is 33.3 Å². The molecule has 0 aliphatic heterocycles. The van der Waals surface area contributed by atoms with Gasteiger partial charge in [0.2, 0.25) is 4.77 Å². The molecule has 6 nitrogen and oxygen atoms in total. The lowest BCUT2D eigenvalue weighted by atomic mass is 10.1. The number of hydrogen-bond donors (Lipinski definition) is 1. The van der Waals surface area contributed by atoms with Crippen LogP contribution in [-0.2, 0) is 6.42 Å². The van der Waals surface area contributed by atoms with Crippen molar-refractivity contribution in [3.63, 3.8) is 0 Å². The Morgan fingerprint density at radius 1 is 1.32 bits per heavy atom. The van der Waals surface area contributed by atoms with Gasteiger partial charge in [0, 0.05) is 6.42 Å². The molecule has 28 heavy (non-hydrogen) atoms. The fraction of sp³-hybridized carbons (Fsp3) is 0.211. The second-order valence-corrected chi connectivity index (χ2v) is 6.57. The zero-order chi connectivity index (χ0) is 20.1. The Kier molecular flexibility index (Phi) is 6.43. The zero-order valence-electron chi connectivity index (χ0n) is 15.3. The normalized spacial score (nSPS) is 11.1. The third-order valence-electron chi connectivity index (χ3n) is 3.86. The summed E-state index contributed by atoms with van der Waals surface area (Å²) < 4.78 is 25.8. The summed E-state index contributed by atoms with van der Waals surface area (Å²) >= 11 is 11.5. The topological polar surface area (TPSA) is 64.4 Å². The molecule has 0 spiro atoms. The Balaban J connectivity index is 1.89. The van der Waals surface area contributed by atoms with Crippen LogP contribution in [0, 0.1) is 10.6 Å². The monoisotopic (exact) mass is 420 g/mol. The smallest absolute Gasteiger partial charge is 0.216 e. The number of H-pyrrole nitrogens is 1. The summed E-state index contributed by atoms with van der Waals surface area (Å²) in [6, 6.07) is 9.68. The van der Waals surface area contributed by atoms with Crippen molar-refractivity contribution in [3.05, 3.63) is 69.0 Å². The number of hydrogen-bond acceptors (Lipinski definition) is 5. The minimum atomic E-state index is -0.290. The molecule has 3 aromatic rings. The summed E-state index contributed by atoms with van der Waals surface area (Å²) in [5, 5.41) is 11.8. The number of rotatable bonds is 7. The van der Waals surface area contributed by atoms with E-state index in [1.165, 1.54) is 16.8 Å². The Morgan fingerprint density at radius 2 is 2.07 bits per heavy atom. The SMILES string of the molecule is CCOc1c(Cl)cc(/C=N\n2c(Cc3ccc(F)cc3)n[nH]c2=S)cc1OC. The number of methoxy groups -OCH3 is 1. The Hall–Kier alpha value is -2.71. The minimum absolute atomic E-state index is 0.290. The molecule has 0 saturated carbocycles. The van der Waals surface area contributed by atoms with Crippen molar-refractivity contribution in [2.24, 2.45) is 5.10 Å². The van der Waals surface area contributed by atoms with E-state index in [-0.39, 0.29) is 5.82 Å². The zero-order valence-corrected chi connectivity index (χ0v) is 16.9. The molecule has 146 valence electrons. The first kappa shape index (κ1) is 20.0. The Labute approximate surface area is 171 Å². The number of nitrogens with one attached hydrogen (secondary N) is 1. The third kappa shape index (κ3) is 4.58. The van der Waals surface area contributed by atoms with Crippen LogP contribution in [0.1, 0.15) is 23.9 Å². The van der Waals surface area contributed by atoms with E-state index in [1.54, 1.807) is 37.6 Å². The van der Waals surface area contributed by atoms with Gasteiger partial charge < -0.3 is 9.47 Å². The van der Waals surface area contributed by atoms with Gasteiger partial charge in [0.15, 0.2) is 17.3 Å². The van der Waals surface area contributed by atoms with Gasteiger partial charge in [-0.25, -0.2) is 4.39 Å². The number of benzene rings is 2. The molecule has 0 bridgehead atoms. The van der Waals surface area contributed by atoms with E-state index in [0.717, 1.165) is 5.56 Å². The standard InChI is InChI=1S/C19H18ClFN4O2S/c1-3-27-18-15(20)8-13(9-16(18)26-2)11-22-25-17(23-24-19(25)28)10-12-4-6-14(21)7-5-12/h4-9,11H,3,10H2,1-2H3,(H,24,28)/b22-11-. The minimum Gasteiger partial charge on any atom is -0.493 e. The summed E-state index contributed by atoms with van der Waals surface area (Å²) in [7, 11) is 1.54. The van der Waals surface area contributed by atoms with Crippen molar-refractivity contribution in [3.8, 4) is 11.5 Å². The molecule has 2 aromatic carbocycles. The molecule has 0 atom stereocenters. The molecule has 0 aliphatic carbocycles. The molecule has 1 heterocycles. The molecule has 0 saturated heterocycles. The Morgan fingerprint density at radius 3 is 2.75 bits per heavy atom.